The highest BCUT2D eigenvalue weighted by Crippen LogP contribution is 2.25. The van der Waals surface area contributed by atoms with Crippen LogP contribution in [0, 0.1) is 0 Å². The van der Waals surface area contributed by atoms with Crippen molar-refractivity contribution in [3.63, 3.8) is 0 Å². The van der Waals surface area contributed by atoms with E-state index in [0.29, 0.717) is 12.6 Å². The Labute approximate surface area is 146 Å². The predicted molar refractivity (Wildman–Crippen MR) is 101 cm³/mol. The summed E-state index contributed by atoms with van der Waals surface area (Å²) in [5.74, 6) is 1.70. The molecule has 1 aromatic carbocycles. The Hall–Kier alpha value is -2.00. The summed E-state index contributed by atoms with van der Waals surface area (Å²) in [6.07, 6.45) is 11.5. The van der Waals surface area contributed by atoms with Gasteiger partial charge in [0, 0.05) is 18.7 Å². The van der Waals surface area contributed by atoms with Gasteiger partial charge in [0.2, 0.25) is 0 Å². The molecule has 0 amide bonds. The molecule has 130 valence electrons. The molecule has 1 aliphatic rings. The van der Waals surface area contributed by atoms with Crippen LogP contribution in [0.25, 0.3) is 0 Å². The fourth-order valence-corrected chi connectivity index (χ4v) is 2.20. The SMILES string of the molecule is C=C(/C=C\C=C/C)COc1cc(CNC2CC2)cc(OCCC)c1. The normalized spacial score (nSPS) is 14.4. The van der Waals surface area contributed by atoms with Gasteiger partial charge in [-0.3, -0.25) is 0 Å². The molecule has 24 heavy (non-hydrogen) atoms. The molecule has 0 radical (unpaired) electrons. The van der Waals surface area contributed by atoms with E-state index < -0.39 is 0 Å². The standard InChI is InChI=1S/C21H29NO2/c1-4-6-7-8-17(3)16-24-21-13-18(15-22-19-9-10-19)12-20(14-21)23-11-5-2/h4,6-8,12-14,19,22H,3,5,9-11,15-16H2,1-2H3/b6-4-,8-7-. The molecule has 0 heterocycles. The zero-order chi connectivity index (χ0) is 17.2. The first-order valence-electron chi connectivity index (χ1n) is 8.81. The Morgan fingerprint density at radius 1 is 1.21 bits per heavy atom. The topological polar surface area (TPSA) is 30.5 Å². The fraction of sp³-hybridized carbons (Fsp3) is 0.429. The van der Waals surface area contributed by atoms with Gasteiger partial charge in [0.1, 0.15) is 18.1 Å². The Balaban J connectivity index is 1.96. The van der Waals surface area contributed by atoms with Crippen LogP contribution in [-0.2, 0) is 6.54 Å². The van der Waals surface area contributed by atoms with E-state index in [1.807, 2.05) is 37.3 Å². The molecule has 0 bridgehead atoms. The quantitative estimate of drug-likeness (QED) is 0.593. The number of ether oxygens (including phenoxy) is 2. The summed E-state index contributed by atoms with van der Waals surface area (Å²) in [4.78, 5) is 0. The van der Waals surface area contributed by atoms with Crippen LogP contribution in [0.3, 0.4) is 0 Å². The number of hydrogen-bond acceptors (Lipinski definition) is 3. The van der Waals surface area contributed by atoms with Crippen LogP contribution < -0.4 is 14.8 Å². The first-order valence-corrected chi connectivity index (χ1v) is 8.81. The maximum absolute atomic E-state index is 5.90. The molecule has 1 N–H and O–H groups in total. The van der Waals surface area contributed by atoms with Gasteiger partial charge in [-0.2, -0.15) is 0 Å². The molecule has 3 heteroatoms. The molecular weight excluding hydrogens is 298 g/mol. The lowest BCUT2D eigenvalue weighted by Gasteiger charge is -2.13. The molecule has 0 atom stereocenters. The minimum absolute atomic E-state index is 0.473. The number of allylic oxidation sites excluding steroid dienone is 3. The van der Waals surface area contributed by atoms with Crippen LogP contribution in [0.5, 0.6) is 11.5 Å². The summed E-state index contributed by atoms with van der Waals surface area (Å²) >= 11 is 0. The second kappa shape index (κ2) is 9.99. The minimum Gasteiger partial charge on any atom is -0.493 e. The molecule has 0 saturated heterocycles. The summed E-state index contributed by atoms with van der Waals surface area (Å²) in [6, 6.07) is 6.82. The van der Waals surface area contributed by atoms with Gasteiger partial charge in [0.05, 0.1) is 6.61 Å². The predicted octanol–water partition coefficient (Wildman–Crippen LogP) is 4.79. The Kier molecular flexibility index (Phi) is 7.63. The number of rotatable bonds is 11. The molecule has 2 rings (SSSR count). The summed E-state index contributed by atoms with van der Waals surface area (Å²) in [5, 5.41) is 3.54. The van der Waals surface area contributed by atoms with E-state index >= 15 is 0 Å². The van der Waals surface area contributed by atoms with Gasteiger partial charge in [-0.15, -0.1) is 0 Å². The molecule has 0 aliphatic heterocycles. The van der Waals surface area contributed by atoms with E-state index in [-0.39, 0.29) is 0 Å². The molecule has 1 aromatic rings. The van der Waals surface area contributed by atoms with Gasteiger partial charge in [0.25, 0.3) is 0 Å². The lowest BCUT2D eigenvalue weighted by molar-refractivity contribution is 0.310. The average Bonchev–Trinajstić information content (AvgIpc) is 3.41. The van der Waals surface area contributed by atoms with Gasteiger partial charge < -0.3 is 14.8 Å². The van der Waals surface area contributed by atoms with Crippen molar-refractivity contribution >= 4 is 0 Å². The summed E-state index contributed by atoms with van der Waals surface area (Å²) in [7, 11) is 0. The van der Waals surface area contributed by atoms with Crippen LogP contribution in [-0.4, -0.2) is 19.3 Å². The molecule has 3 nitrogen and oxygen atoms in total. The van der Waals surface area contributed by atoms with Crippen LogP contribution >= 0.6 is 0 Å². The van der Waals surface area contributed by atoms with Gasteiger partial charge >= 0.3 is 0 Å². The van der Waals surface area contributed by atoms with Crippen molar-refractivity contribution in [2.75, 3.05) is 13.2 Å². The molecule has 1 saturated carbocycles. The van der Waals surface area contributed by atoms with Crippen molar-refractivity contribution in [3.05, 3.63) is 60.2 Å². The van der Waals surface area contributed by atoms with Crippen LogP contribution in [0.1, 0.15) is 38.7 Å². The first kappa shape index (κ1) is 18.3. The lowest BCUT2D eigenvalue weighted by Crippen LogP contribution is -2.15. The summed E-state index contributed by atoms with van der Waals surface area (Å²) < 4.78 is 11.7. The largest absolute Gasteiger partial charge is 0.493 e. The van der Waals surface area contributed by atoms with E-state index in [2.05, 4.69) is 31.0 Å². The third-order valence-electron chi connectivity index (χ3n) is 3.64. The first-order chi connectivity index (χ1) is 11.7. The van der Waals surface area contributed by atoms with Crippen molar-refractivity contribution < 1.29 is 9.47 Å². The monoisotopic (exact) mass is 327 g/mol. The summed E-state index contributed by atoms with van der Waals surface area (Å²) in [5.41, 5.74) is 2.13. The van der Waals surface area contributed by atoms with Crippen molar-refractivity contribution in [2.45, 2.75) is 45.7 Å². The lowest BCUT2D eigenvalue weighted by atomic mass is 10.2. The summed E-state index contributed by atoms with van der Waals surface area (Å²) in [6.45, 7) is 10.2. The molecular formula is C21H29NO2. The Morgan fingerprint density at radius 2 is 1.96 bits per heavy atom. The van der Waals surface area contributed by atoms with Crippen LogP contribution in [0.15, 0.2) is 54.7 Å². The fourth-order valence-electron chi connectivity index (χ4n) is 2.20. The molecule has 0 unspecified atom stereocenters. The zero-order valence-electron chi connectivity index (χ0n) is 14.9. The van der Waals surface area contributed by atoms with Gasteiger partial charge in [-0.1, -0.05) is 37.8 Å². The van der Waals surface area contributed by atoms with Crippen molar-refractivity contribution in [2.24, 2.45) is 0 Å². The Morgan fingerprint density at radius 3 is 2.62 bits per heavy atom. The maximum atomic E-state index is 5.90. The average molecular weight is 327 g/mol. The molecule has 0 aromatic heterocycles. The highest BCUT2D eigenvalue weighted by atomic mass is 16.5. The minimum atomic E-state index is 0.473. The smallest absolute Gasteiger partial charge is 0.123 e. The van der Waals surface area contributed by atoms with Crippen molar-refractivity contribution in [1.82, 2.24) is 5.32 Å². The van der Waals surface area contributed by atoms with E-state index in [0.717, 1.165) is 36.6 Å². The van der Waals surface area contributed by atoms with Crippen molar-refractivity contribution in [3.8, 4) is 11.5 Å². The molecule has 1 fully saturated rings. The second-order valence-corrected chi connectivity index (χ2v) is 6.15. The molecule has 0 spiro atoms. The highest BCUT2D eigenvalue weighted by molar-refractivity contribution is 5.39. The van der Waals surface area contributed by atoms with Crippen LogP contribution in [0.4, 0.5) is 0 Å². The second-order valence-electron chi connectivity index (χ2n) is 6.15. The number of hydrogen-bond donors (Lipinski definition) is 1. The third kappa shape index (κ3) is 7.05. The van der Waals surface area contributed by atoms with E-state index in [9.17, 15) is 0 Å². The van der Waals surface area contributed by atoms with E-state index in [4.69, 9.17) is 9.47 Å². The highest BCUT2D eigenvalue weighted by Gasteiger charge is 2.20. The number of benzene rings is 1. The van der Waals surface area contributed by atoms with E-state index in [1.165, 1.54) is 18.4 Å². The Bertz CT molecular complexity index is 586. The van der Waals surface area contributed by atoms with Gasteiger partial charge in [-0.05, 0) is 49.5 Å². The number of nitrogens with one attached hydrogen (secondary N) is 1. The van der Waals surface area contributed by atoms with Crippen LogP contribution in [0.2, 0.25) is 0 Å². The van der Waals surface area contributed by atoms with Crippen molar-refractivity contribution in [1.29, 1.82) is 0 Å². The zero-order valence-corrected chi connectivity index (χ0v) is 14.9. The van der Waals surface area contributed by atoms with Gasteiger partial charge in [0.15, 0.2) is 0 Å². The van der Waals surface area contributed by atoms with Gasteiger partial charge in [-0.25, -0.2) is 0 Å². The third-order valence-corrected chi connectivity index (χ3v) is 3.64. The molecule has 1 aliphatic carbocycles. The maximum Gasteiger partial charge on any atom is 0.123 e. The van der Waals surface area contributed by atoms with E-state index in [1.54, 1.807) is 0 Å².